The summed E-state index contributed by atoms with van der Waals surface area (Å²) in [7, 11) is 0. The van der Waals surface area contributed by atoms with Crippen LogP contribution >= 0.6 is 0 Å². The van der Waals surface area contributed by atoms with Crippen LogP contribution in [0.25, 0.3) is 11.0 Å². The lowest BCUT2D eigenvalue weighted by atomic mass is 10.1. The van der Waals surface area contributed by atoms with E-state index in [1.807, 2.05) is 13.8 Å². The number of primary amides is 1. The highest BCUT2D eigenvalue weighted by molar-refractivity contribution is 5.99. The Morgan fingerprint density at radius 2 is 1.96 bits per heavy atom. The van der Waals surface area contributed by atoms with Crippen molar-refractivity contribution in [2.24, 2.45) is 5.73 Å². The number of aromatic nitrogens is 2. The molecule has 0 fully saturated rings. The van der Waals surface area contributed by atoms with Crippen LogP contribution < -0.4 is 16.6 Å². The van der Waals surface area contributed by atoms with Gasteiger partial charge in [-0.3, -0.25) is 19.0 Å². The smallest absolute Gasteiger partial charge is 0.265 e. The first-order chi connectivity index (χ1) is 13.1. The van der Waals surface area contributed by atoms with Crippen LogP contribution in [-0.4, -0.2) is 56.6 Å². The molecule has 2 amide bonds. The van der Waals surface area contributed by atoms with Crippen molar-refractivity contribution >= 4 is 28.5 Å². The fourth-order valence-electron chi connectivity index (χ4n) is 2.87. The molecule has 0 aliphatic rings. The third-order valence-corrected chi connectivity index (χ3v) is 4.38. The summed E-state index contributed by atoms with van der Waals surface area (Å²) >= 11 is 0. The maximum atomic E-state index is 12.8. The van der Waals surface area contributed by atoms with Crippen molar-refractivity contribution in [3.63, 3.8) is 0 Å². The molecule has 0 saturated carbocycles. The molecule has 152 valence electrons. The molecule has 0 aliphatic heterocycles. The zero-order chi connectivity index (χ0) is 21.1. The zero-order valence-corrected chi connectivity index (χ0v) is 16.7. The number of amides is 2. The molecular formula is C19H27N5O4. The number of carbonyl (C=O) groups is 2. The number of carbonyl (C=O) groups excluding carboxylic acids is 2. The highest BCUT2D eigenvalue weighted by Crippen LogP contribution is 2.22. The van der Waals surface area contributed by atoms with Crippen LogP contribution in [0.5, 0.6) is 0 Å². The molecule has 9 heteroatoms. The number of nitrogens with one attached hydrogen (secondary N) is 1. The number of anilines is 1. The van der Waals surface area contributed by atoms with Crippen molar-refractivity contribution in [2.45, 2.75) is 39.8 Å². The van der Waals surface area contributed by atoms with Gasteiger partial charge in [-0.15, -0.1) is 0 Å². The molecule has 2 aromatic rings. The Morgan fingerprint density at radius 1 is 1.32 bits per heavy atom. The Labute approximate surface area is 163 Å². The predicted molar refractivity (Wildman–Crippen MR) is 107 cm³/mol. The standard InChI is InChI=1S/C19H27N5O4/c1-5-23(6-2)15(25)10-24-17-12(9-13(16(20)26)18(24)27)14(7-8-21-17)22-11-19(3,4)28/h7-9,28H,5-6,10-11H2,1-4H3,(H2,20,26)(H,21,22). The quantitative estimate of drug-likeness (QED) is 0.604. The topological polar surface area (TPSA) is 131 Å². The summed E-state index contributed by atoms with van der Waals surface area (Å²) in [6, 6.07) is 3.04. The number of hydrogen-bond donors (Lipinski definition) is 3. The number of nitrogens with zero attached hydrogens (tertiary/aromatic N) is 3. The van der Waals surface area contributed by atoms with Crippen molar-refractivity contribution in [2.75, 3.05) is 25.0 Å². The fourth-order valence-corrected chi connectivity index (χ4v) is 2.87. The molecule has 2 aromatic heterocycles. The van der Waals surface area contributed by atoms with Gasteiger partial charge in [-0.25, -0.2) is 4.98 Å². The molecule has 0 saturated heterocycles. The van der Waals surface area contributed by atoms with E-state index < -0.39 is 17.1 Å². The van der Waals surface area contributed by atoms with E-state index in [2.05, 4.69) is 10.3 Å². The van der Waals surface area contributed by atoms with Gasteiger partial charge in [-0.05, 0) is 39.8 Å². The molecule has 0 unspecified atom stereocenters. The Hall–Kier alpha value is -2.94. The number of hydrogen-bond acceptors (Lipinski definition) is 6. The molecule has 4 N–H and O–H groups in total. The van der Waals surface area contributed by atoms with Crippen molar-refractivity contribution in [1.29, 1.82) is 0 Å². The van der Waals surface area contributed by atoms with Crippen LogP contribution in [0.15, 0.2) is 23.1 Å². The maximum Gasteiger partial charge on any atom is 0.265 e. The van der Waals surface area contributed by atoms with Crippen LogP contribution in [0.4, 0.5) is 5.69 Å². The van der Waals surface area contributed by atoms with Crippen molar-refractivity contribution in [3.05, 3.63) is 34.2 Å². The number of pyridine rings is 2. The molecular weight excluding hydrogens is 362 g/mol. The minimum Gasteiger partial charge on any atom is -0.389 e. The van der Waals surface area contributed by atoms with Gasteiger partial charge < -0.3 is 21.1 Å². The summed E-state index contributed by atoms with van der Waals surface area (Å²) in [5.41, 5.74) is 4.35. The molecule has 0 aliphatic carbocycles. The lowest BCUT2D eigenvalue weighted by Gasteiger charge is -2.21. The zero-order valence-electron chi connectivity index (χ0n) is 16.7. The van der Waals surface area contributed by atoms with Crippen molar-refractivity contribution < 1.29 is 14.7 Å². The van der Waals surface area contributed by atoms with Gasteiger partial charge in [0.15, 0.2) is 0 Å². The summed E-state index contributed by atoms with van der Waals surface area (Å²) in [6.07, 6.45) is 1.50. The largest absolute Gasteiger partial charge is 0.389 e. The second-order valence-corrected chi connectivity index (χ2v) is 7.14. The number of rotatable bonds is 8. The van der Waals surface area contributed by atoms with Crippen LogP contribution in [0, 0.1) is 0 Å². The average Bonchev–Trinajstić information content (AvgIpc) is 2.62. The summed E-state index contributed by atoms with van der Waals surface area (Å²) in [5, 5.41) is 13.5. The van der Waals surface area contributed by atoms with Gasteiger partial charge in [0.25, 0.3) is 11.5 Å². The van der Waals surface area contributed by atoms with E-state index in [1.54, 1.807) is 24.8 Å². The molecule has 2 rings (SSSR count). The van der Waals surface area contributed by atoms with E-state index in [9.17, 15) is 19.5 Å². The monoisotopic (exact) mass is 389 g/mol. The summed E-state index contributed by atoms with van der Waals surface area (Å²) < 4.78 is 1.17. The van der Waals surface area contributed by atoms with E-state index in [4.69, 9.17) is 5.73 Å². The van der Waals surface area contributed by atoms with Crippen molar-refractivity contribution in [3.8, 4) is 0 Å². The minimum absolute atomic E-state index is 0.223. The van der Waals surface area contributed by atoms with Crippen molar-refractivity contribution in [1.82, 2.24) is 14.5 Å². The highest BCUT2D eigenvalue weighted by Gasteiger charge is 2.20. The number of aliphatic hydroxyl groups is 1. The SMILES string of the molecule is CCN(CC)C(=O)Cn1c(=O)c(C(N)=O)cc2c(NCC(C)(C)O)ccnc21. The highest BCUT2D eigenvalue weighted by atomic mass is 16.3. The number of nitrogens with two attached hydrogens (primary N) is 1. The van der Waals surface area contributed by atoms with Gasteiger partial charge in [-0.2, -0.15) is 0 Å². The van der Waals surface area contributed by atoms with Gasteiger partial charge in [0.1, 0.15) is 17.8 Å². The van der Waals surface area contributed by atoms with Gasteiger partial charge >= 0.3 is 0 Å². The summed E-state index contributed by atoms with van der Waals surface area (Å²) in [5.74, 6) is -1.14. The van der Waals surface area contributed by atoms with E-state index in [0.29, 0.717) is 24.2 Å². The molecule has 0 aromatic carbocycles. The lowest BCUT2D eigenvalue weighted by Crippen LogP contribution is -2.38. The van der Waals surface area contributed by atoms with Crippen LogP contribution in [0.3, 0.4) is 0 Å². The molecule has 28 heavy (non-hydrogen) atoms. The van der Waals surface area contributed by atoms with Crippen LogP contribution in [-0.2, 0) is 11.3 Å². The molecule has 0 atom stereocenters. The third-order valence-electron chi connectivity index (χ3n) is 4.38. The van der Waals surface area contributed by atoms with E-state index in [0.717, 1.165) is 0 Å². The lowest BCUT2D eigenvalue weighted by molar-refractivity contribution is -0.131. The van der Waals surface area contributed by atoms with E-state index in [-0.39, 0.29) is 30.2 Å². The first-order valence-electron chi connectivity index (χ1n) is 9.15. The predicted octanol–water partition coefficient (Wildman–Crippen LogP) is 0.547. The molecule has 2 heterocycles. The summed E-state index contributed by atoms with van der Waals surface area (Å²) in [6.45, 7) is 7.98. The Kier molecular flexibility index (Phi) is 6.40. The normalized spacial score (nSPS) is 11.5. The van der Waals surface area contributed by atoms with Gasteiger partial charge in [0, 0.05) is 36.9 Å². The van der Waals surface area contributed by atoms with E-state index >= 15 is 0 Å². The second-order valence-electron chi connectivity index (χ2n) is 7.14. The third kappa shape index (κ3) is 4.66. The Balaban J connectivity index is 2.64. The van der Waals surface area contributed by atoms with Gasteiger partial charge in [-0.1, -0.05) is 0 Å². The number of likely N-dealkylation sites (N-methyl/N-ethyl adjacent to an activating group) is 1. The molecule has 0 spiro atoms. The first kappa shape index (κ1) is 21.4. The molecule has 0 radical (unpaired) electrons. The van der Waals surface area contributed by atoms with E-state index in [1.165, 1.54) is 16.8 Å². The van der Waals surface area contributed by atoms with Gasteiger partial charge in [0.2, 0.25) is 5.91 Å². The number of fused-ring (bicyclic) bond motifs is 1. The molecule has 0 bridgehead atoms. The minimum atomic E-state index is -0.977. The maximum absolute atomic E-state index is 12.8. The van der Waals surface area contributed by atoms with Crippen LogP contribution in [0.1, 0.15) is 38.1 Å². The van der Waals surface area contributed by atoms with Gasteiger partial charge in [0.05, 0.1) is 5.60 Å². The average molecular weight is 389 g/mol. The fraction of sp³-hybridized carbons (Fsp3) is 0.474. The second kappa shape index (κ2) is 8.39. The Bertz CT molecular complexity index is 942. The first-order valence-corrected chi connectivity index (χ1v) is 9.15. The summed E-state index contributed by atoms with van der Waals surface area (Å²) in [4.78, 5) is 43.0. The van der Waals surface area contributed by atoms with Crippen LogP contribution in [0.2, 0.25) is 0 Å². The Morgan fingerprint density at radius 3 is 2.50 bits per heavy atom. The molecule has 9 nitrogen and oxygen atoms in total.